The summed E-state index contributed by atoms with van der Waals surface area (Å²) in [5, 5.41) is 4.08. The second kappa shape index (κ2) is 7.94. The van der Waals surface area contributed by atoms with E-state index >= 15 is 0 Å². The molecule has 0 bridgehead atoms. The summed E-state index contributed by atoms with van der Waals surface area (Å²) in [6.07, 6.45) is 5.49. The van der Waals surface area contributed by atoms with Gasteiger partial charge in [-0.15, -0.1) is 0 Å². The number of rotatable bonds is 5. The van der Waals surface area contributed by atoms with Crippen LogP contribution in [0, 0.1) is 0 Å². The van der Waals surface area contributed by atoms with E-state index in [9.17, 15) is 0 Å². The van der Waals surface area contributed by atoms with Crippen LogP contribution in [0.1, 0.15) is 18.9 Å². The minimum absolute atomic E-state index is 0.666. The van der Waals surface area contributed by atoms with Gasteiger partial charge in [0.2, 0.25) is 0 Å². The van der Waals surface area contributed by atoms with Gasteiger partial charge in [-0.25, -0.2) is 0 Å². The van der Waals surface area contributed by atoms with Crippen LogP contribution in [0.25, 0.3) is 5.57 Å². The molecule has 0 saturated carbocycles. The molecule has 0 saturated heterocycles. The molecule has 3 aromatic carbocycles. The van der Waals surface area contributed by atoms with Crippen molar-refractivity contribution in [3.63, 3.8) is 0 Å². The Kier molecular flexibility index (Phi) is 5.23. The van der Waals surface area contributed by atoms with E-state index in [-0.39, 0.29) is 0 Å². The van der Waals surface area contributed by atoms with E-state index in [0.717, 1.165) is 12.2 Å². The molecule has 4 rings (SSSR count). The topological polar surface area (TPSA) is 9.23 Å². The summed E-state index contributed by atoms with van der Waals surface area (Å²) in [6.45, 7) is 2.21. The van der Waals surface area contributed by atoms with Crippen LogP contribution in [0.5, 0.6) is 5.75 Å². The Balaban J connectivity index is 1.96. The molecule has 0 aliphatic heterocycles. The summed E-state index contributed by atoms with van der Waals surface area (Å²) in [4.78, 5) is 0. The molecule has 0 spiro atoms. The van der Waals surface area contributed by atoms with E-state index in [4.69, 9.17) is 4.74 Å². The van der Waals surface area contributed by atoms with Crippen LogP contribution < -0.4 is 20.7 Å². The largest absolute Gasteiger partial charge is 0.497 e. The first-order valence-electron chi connectivity index (χ1n) is 9.23. The minimum Gasteiger partial charge on any atom is -0.497 e. The van der Waals surface area contributed by atoms with Crippen LogP contribution in [0.4, 0.5) is 0 Å². The lowest BCUT2D eigenvalue weighted by Gasteiger charge is -2.24. The van der Waals surface area contributed by atoms with Gasteiger partial charge < -0.3 is 4.74 Å². The average Bonchev–Trinajstić information content (AvgIpc) is 3.15. The fourth-order valence-corrected chi connectivity index (χ4v) is 6.10. The normalized spacial score (nSPS) is 13.4. The third-order valence-electron chi connectivity index (χ3n) is 4.97. The number of hydrogen-bond donors (Lipinski definition) is 0. The number of methoxy groups -OCH3 is 1. The predicted molar refractivity (Wildman–Crippen MR) is 118 cm³/mol. The summed E-state index contributed by atoms with van der Waals surface area (Å²) < 4.78 is 5.60. The molecule has 3 aromatic rings. The van der Waals surface area contributed by atoms with Crippen LogP contribution in [0.15, 0.2) is 96.6 Å². The van der Waals surface area contributed by atoms with Crippen molar-refractivity contribution in [1.82, 2.24) is 0 Å². The molecule has 2 heteroatoms. The lowest BCUT2D eigenvalue weighted by molar-refractivity contribution is 0.415. The Hall–Kier alpha value is -2.63. The first-order chi connectivity index (χ1) is 13.3. The van der Waals surface area contributed by atoms with Crippen LogP contribution in [-0.4, -0.2) is 7.11 Å². The van der Waals surface area contributed by atoms with Gasteiger partial charge in [0.05, 0.1) is 7.11 Å². The zero-order chi connectivity index (χ0) is 18.6. The lowest BCUT2D eigenvalue weighted by Crippen LogP contribution is -2.23. The van der Waals surface area contributed by atoms with Gasteiger partial charge in [0.15, 0.2) is 0 Å². The van der Waals surface area contributed by atoms with E-state index in [1.54, 1.807) is 7.11 Å². The van der Waals surface area contributed by atoms with Crippen molar-refractivity contribution in [3.05, 3.63) is 102 Å². The molecule has 0 atom stereocenters. The predicted octanol–water partition coefficient (Wildman–Crippen LogP) is 5.19. The fraction of sp³-hybridized carbons (Fsp3) is 0.120. The molecule has 0 N–H and O–H groups in total. The Bertz CT molecular complexity index is 948. The first-order valence-corrected chi connectivity index (χ1v) is 10.6. The van der Waals surface area contributed by atoms with Gasteiger partial charge in [-0.2, -0.15) is 0 Å². The van der Waals surface area contributed by atoms with E-state index < -0.39 is 7.92 Å². The molecular weight excluding hydrogens is 347 g/mol. The number of hydrogen-bond acceptors (Lipinski definition) is 1. The molecule has 0 heterocycles. The SMILES string of the molecule is COc1ccc(C2=C(C)C=CC2)c(P(c2ccccc2)c2ccccc2)c1. The summed E-state index contributed by atoms with van der Waals surface area (Å²) in [6, 6.07) is 28.2. The second-order valence-electron chi connectivity index (χ2n) is 6.66. The molecular formula is C25H23OP. The van der Waals surface area contributed by atoms with Gasteiger partial charge >= 0.3 is 0 Å². The van der Waals surface area contributed by atoms with Crippen LogP contribution in [-0.2, 0) is 0 Å². The van der Waals surface area contributed by atoms with Crippen molar-refractivity contribution in [2.24, 2.45) is 0 Å². The van der Waals surface area contributed by atoms with Crippen LogP contribution >= 0.6 is 7.92 Å². The van der Waals surface area contributed by atoms with Gasteiger partial charge in [0.25, 0.3) is 0 Å². The molecule has 134 valence electrons. The maximum absolute atomic E-state index is 5.60. The van der Waals surface area contributed by atoms with Crippen LogP contribution in [0.2, 0.25) is 0 Å². The zero-order valence-corrected chi connectivity index (χ0v) is 16.6. The smallest absolute Gasteiger partial charge is 0.119 e. The Morgan fingerprint density at radius 2 is 1.44 bits per heavy atom. The molecule has 0 amide bonds. The van der Waals surface area contributed by atoms with Gasteiger partial charge in [-0.3, -0.25) is 0 Å². The van der Waals surface area contributed by atoms with Crippen molar-refractivity contribution >= 4 is 29.4 Å². The molecule has 1 aliphatic rings. The third kappa shape index (κ3) is 3.61. The molecule has 1 nitrogen and oxygen atoms in total. The summed E-state index contributed by atoms with van der Waals surface area (Å²) >= 11 is 0. The maximum atomic E-state index is 5.60. The first kappa shape index (κ1) is 17.8. The molecule has 0 aromatic heterocycles. The number of benzene rings is 3. The Morgan fingerprint density at radius 1 is 0.815 bits per heavy atom. The van der Waals surface area contributed by atoms with Crippen molar-refractivity contribution < 1.29 is 4.74 Å². The zero-order valence-electron chi connectivity index (χ0n) is 15.7. The highest BCUT2D eigenvalue weighted by molar-refractivity contribution is 7.80. The average molecular weight is 370 g/mol. The highest BCUT2D eigenvalue weighted by Gasteiger charge is 2.22. The molecule has 0 radical (unpaired) electrons. The second-order valence-corrected chi connectivity index (χ2v) is 8.84. The lowest BCUT2D eigenvalue weighted by atomic mass is 10.0. The standard InChI is InChI=1S/C25H23OP/c1-19-10-9-15-23(19)24-17-16-20(26-2)18-25(24)27(21-11-5-3-6-12-21)22-13-7-4-8-14-22/h3-14,16-18H,15H2,1-2H3. The van der Waals surface area contributed by atoms with Gasteiger partial charge in [-0.05, 0) is 66.0 Å². The monoisotopic (exact) mass is 370 g/mol. The molecule has 27 heavy (non-hydrogen) atoms. The van der Waals surface area contributed by atoms with E-state index in [0.29, 0.717) is 0 Å². The van der Waals surface area contributed by atoms with Crippen molar-refractivity contribution in [1.29, 1.82) is 0 Å². The van der Waals surface area contributed by atoms with Crippen LogP contribution in [0.3, 0.4) is 0 Å². The van der Waals surface area contributed by atoms with Gasteiger partial charge in [0, 0.05) is 0 Å². The molecule has 0 fully saturated rings. The summed E-state index contributed by atoms with van der Waals surface area (Å²) in [5.41, 5.74) is 4.13. The van der Waals surface area contributed by atoms with E-state index in [1.807, 2.05) is 0 Å². The fourth-order valence-electron chi connectivity index (χ4n) is 3.60. The Labute approximate surface area is 162 Å². The maximum Gasteiger partial charge on any atom is 0.119 e. The summed E-state index contributed by atoms with van der Waals surface area (Å²) in [5.74, 6) is 0.914. The Morgan fingerprint density at radius 3 is 1.96 bits per heavy atom. The highest BCUT2D eigenvalue weighted by atomic mass is 31.1. The van der Waals surface area contributed by atoms with Crippen molar-refractivity contribution in [2.75, 3.05) is 7.11 Å². The minimum atomic E-state index is -0.666. The van der Waals surface area contributed by atoms with Gasteiger partial charge in [-0.1, -0.05) is 78.9 Å². The highest BCUT2D eigenvalue weighted by Crippen LogP contribution is 2.39. The van der Waals surface area contributed by atoms with Crippen molar-refractivity contribution in [3.8, 4) is 5.75 Å². The quantitative estimate of drug-likeness (QED) is 0.562. The van der Waals surface area contributed by atoms with E-state index in [2.05, 4.69) is 97.9 Å². The third-order valence-corrected chi connectivity index (χ3v) is 7.45. The summed E-state index contributed by atoms with van der Waals surface area (Å²) in [7, 11) is 1.08. The van der Waals surface area contributed by atoms with E-state index in [1.165, 1.54) is 32.6 Å². The molecule has 0 unspecified atom stereocenters. The molecule has 1 aliphatic carbocycles. The van der Waals surface area contributed by atoms with Gasteiger partial charge in [0.1, 0.15) is 5.75 Å². The number of allylic oxidation sites excluding steroid dienone is 4. The van der Waals surface area contributed by atoms with Crippen molar-refractivity contribution in [2.45, 2.75) is 13.3 Å². The number of ether oxygens (including phenoxy) is 1.